The van der Waals surface area contributed by atoms with Gasteiger partial charge >= 0.3 is 0 Å². The van der Waals surface area contributed by atoms with Crippen LogP contribution in [0.3, 0.4) is 0 Å². The Labute approximate surface area is 119 Å². The summed E-state index contributed by atoms with van der Waals surface area (Å²) >= 11 is 0. The normalized spacial score (nSPS) is 14.7. The minimum absolute atomic E-state index is 0.775. The molecule has 4 nitrogen and oxygen atoms in total. The topological polar surface area (TPSA) is 41.0 Å². The molecule has 0 radical (unpaired) electrons. The predicted molar refractivity (Wildman–Crippen MR) is 80.5 cm³/mol. The molecule has 4 heteroatoms. The third kappa shape index (κ3) is 3.14. The average Bonchev–Trinajstić information content (AvgIpc) is 3.03. The SMILES string of the molecule is c1ccc(N2CCCC2)c(CNCc2ccncn2)c1. The first-order valence-corrected chi connectivity index (χ1v) is 7.22. The largest absolute Gasteiger partial charge is 0.371 e. The van der Waals surface area contributed by atoms with Crippen molar-refractivity contribution in [1.82, 2.24) is 15.3 Å². The number of benzene rings is 1. The summed E-state index contributed by atoms with van der Waals surface area (Å²) in [6.45, 7) is 4.01. The Hall–Kier alpha value is -1.94. The molecule has 0 unspecified atom stereocenters. The quantitative estimate of drug-likeness (QED) is 0.904. The van der Waals surface area contributed by atoms with Gasteiger partial charge in [-0.1, -0.05) is 18.2 Å². The molecule has 0 aliphatic carbocycles. The molecule has 3 rings (SSSR count). The maximum absolute atomic E-state index is 4.23. The molecule has 0 saturated carbocycles. The van der Waals surface area contributed by atoms with E-state index in [0.29, 0.717) is 0 Å². The highest BCUT2D eigenvalue weighted by molar-refractivity contribution is 5.54. The van der Waals surface area contributed by atoms with E-state index in [-0.39, 0.29) is 0 Å². The van der Waals surface area contributed by atoms with E-state index in [1.807, 2.05) is 6.07 Å². The summed E-state index contributed by atoms with van der Waals surface area (Å²) in [6, 6.07) is 10.6. The molecule has 0 spiro atoms. The monoisotopic (exact) mass is 268 g/mol. The van der Waals surface area contributed by atoms with Gasteiger partial charge in [0.2, 0.25) is 0 Å². The molecule has 1 aromatic heterocycles. The van der Waals surface area contributed by atoms with Gasteiger partial charge < -0.3 is 10.2 Å². The van der Waals surface area contributed by atoms with Crippen LogP contribution in [0.25, 0.3) is 0 Å². The first-order chi connectivity index (χ1) is 9.93. The van der Waals surface area contributed by atoms with E-state index in [1.54, 1.807) is 12.5 Å². The van der Waals surface area contributed by atoms with Crippen molar-refractivity contribution >= 4 is 5.69 Å². The number of nitrogens with one attached hydrogen (secondary N) is 1. The molecule has 0 atom stereocenters. The molecule has 2 heterocycles. The number of rotatable bonds is 5. The molecule has 2 aromatic rings. The van der Waals surface area contributed by atoms with Crippen molar-refractivity contribution in [1.29, 1.82) is 0 Å². The number of anilines is 1. The van der Waals surface area contributed by atoms with Gasteiger partial charge in [-0.05, 0) is 30.5 Å². The van der Waals surface area contributed by atoms with Gasteiger partial charge in [0.15, 0.2) is 0 Å². The lowest BCUT2D eigenvalue weighted by molar-refractivity contribution is 0.676. The first-order valence-electron chi connectivity index (χ1n) is 7.22. The Bertz CT molecular complexity index is 535. The number of nitrogens with zero attached hydrogens (tertiary/aromatic N) is 3. The van der Waals surface area contributed by atoms with Crippen molar-refractivity contribution in [3.05, 3.63) is 54.1 Å². The minimum Gasteiger partial charge on any atom is -0.371 e. The summed E-state index contributed by atoms with van der Waals surface area (Å²) in [5, 5.41) is 3.46. The van der Waals surface area contributed by atoms with Gasteiger partial charge in [-0.3, -0.25) is 0 Å². The maximum atomic E-state index is 4.23. The van der Waals surface area contributed by atoms with Crippen LogP contribution in [0.2, 0.25) is 0 Å². The number of hydrogen-bond donors (Lipinski definition) is 1. The van der Waals surface area contributed by atoms with Gasteiger partial charge in [0, 0.05) is 38.1 Å². The molecule has 1 fully saturated rings. The van der Waals surface area contributed by atoms with E-state index in [4.69, 9.17) is 0 Å². The van der Waals surface area contributed by atoms with E-state index < -0.39 is 0 Å². The summed E-state index contributed by atoms with van der Waals surface area (Å²) in [6.07, 6.45) is 5.99. The molecule has 20 heavy (non-hydrogen) atoms. The summed E-state index contributed by atoms with van der Waals surface area (Å²) in [5.74, 6) is 0. The van der Waals surface area contributed by atoms with Crippen molar-refractivity contribution in [2.24, 2.45) is 0 Å². The van der Waals surface area contributed by atoms with Crippen LogP contribution in [0.15, 0.2) is 42.9 Å². The zero-order valence-electron chi connectivity index (χ0n) is 11.6. The molecule has 1 saturated heterocycles. The summed E-state index contributed by atoms with van der Waals surface area (Å²) in [5.41, 5.74) is 3.77. The summed E-state index contributed by atoms with van der Waals surface area (Å²) in [4.78, 5) is 10.6. The second-order valence-electron chi connectivity index (χ2n) is 5.13. The highest BCUT2D eigenvalue weighted by Gasteiger charge is 2.14. The third-order valence-electron chi connectivity index (χ3n) is 3.70. The van der Waals surface area contributed by atoms with Crippen molar-refractivity contribution in [2.45, 2.75) is 25.9 Å². The van der Waals surface area contributed by atoms with Crippen LogP contribution < -0.4 is 10.2 Å². The molecule has 0 bridgehead atoms. The lowest BCUT2D eigenvalue weighted by atomic mass is 10.1. The van der Waals surface area contributed by atoms with Gasteiger partial charge in [-0.2, -0.15) is 0 Å². The van der Waals surface area contributed by atoms with Crippen LogP contribution in [-0.4, -0.2) is 23.1 Å². The van der Waals surface area contributed by atoms with Crippen LogP contribution >= 0.6 is 0 Å². The van der Waals surface area contributed by atoms with Crippen LogP contribution in [0, 0.1) is 0 Å². The van der Waals surface area contributed by atoms with Gasteiger partial charge in [-0.15, -0.1) is 0 Å². The fraction of sp³-hybridized carbons (Fsp3) is 0.375. The highest BCUT2D eigenvalue weighted by Crippen LogP contribution is 2.24. The minimum atomic E-state index is 0.775. The standard InChI is InChI=1S/C16H20N4/c1-2-6-16(20-9-3-4-10-20)14(5-1)11-18-12-15-7-8-17-13-19-15/h1-2,5-8,13,18H,3-4,9-12H2. The summed E-state index contributed by atoms with van der Waals surface area (Å²) in [7, 11) is 0. The molecule has 1 aliphatic heterocycles. The zero-order chi connectivity index (χ0) is 13.6. The van der Waals surface area contributed by atoms with Crippen molar-refractivity contribution in [2.75, 3.05) is 18.0 Å². The van der Waals surface area contributed by atoms with Crippen LogP contribution in [-0.2, 0) is 13.1 Å². The third-order valence-corrected chi connectivity index (χ3v) is 3.70. The maximum Gasteiger partial charge on any atom is 0.115 e. The van der Waals surface area contributed by atoms with E-state index in [2.05, 4.69) is 44.5 Å². The Morgan fingerprint density at radius 1 is 1.05 bits per heavy atom. The van der Waals surface area contributed by atoms with Crippen LogP contribution in [0.5, 0.6) is 0 Å². The van der Waals surface area contributed by atoms with Crippen molar-refractivity contribution < 1.29 is 0 Å². The Morgan fingerprint density at radius 3 is 2.70 bits per heavy atom. The van der Waals surface area contributed by atoms with Gasteiger partial charge in [0.1, 0.15) is 6.33 Å². The van der Waals surface area contributed by atoms with E-state index in [1.165, 1.54) is 37.2 Å². The lowest BCUT2D eigenvalue weighted by Crippen LogP contribution is -2.21. The number of aromatic nitrogens is 2. The number of hydrogen-bond acceptors (Lipinski definition) is 4. The van der Waals surface area contributed by atoms with Crippen LogP contribution in [0.1, 0.15) is 24.1 Å². The van der Waals surface area contributed by atoms with Crippen molar-refractivity contribution in [3.8, 4) is 0 Å². The van der Waals surface area contributed by atoms with Crippen molar-refractivity contribution in [3.63, 3.8) is 0 Å². The first kappa shape index (κ1) is 13.1. The molecule has 1 aromatic carbocycles. The Kier molecular flexibility index (Phi) is 4.23. The fourth-order valence-electron chi connectivity index (χ4n) is 2.67. The predicted octanol–water partition coefficient (Wildman–Crippen LogP) is 2.37. The molecule has 0 amide bonds. The molecular formula is C16H20N4. The second-order valence-corrected chi connectivity index (χ2v) is 5.13. The second kappa shape index (κ2) is 6.48. The molecule has 1 N–H and O–H groups in total. The molecule has 1 aliphatic rings. The van der Waals surface area contributed by atoms with Gasteiger partial charge in [0.25, 0.3) is 0 Å². The van der Waals surface area contributed by atoms with E-state index in [9.17, 15) is 0 Å². The van der Waals surface area contributed by atoms with E-state index in [0.717, 1.165) is 18.8 Å². The molecule has 104 valence electrons. The van der Waals surface area contributed by atoms with Gasteiger partial charge in [-0.25, -0.2) is 9.97 Å². The lowest BCUT2D eigenvalue weighted by Gasteiger charge is -2.21. The average molecular weight is 268 g/mol. The van der Waals surface area contributed by atoms with Crippen LogP contribution in [0.4, 0.5) is 5.69 Å². The Morgan fingerprint density at radius 2 is 1.90 bits per heavy atom. The van der Waals surface area contributed by atoms with E-state index >= 15 is 0 Å². The summed E-state index contributed by atoms with van der Waals surface area (Å²) < 4.78 is 0. The smallest absolute Gasteiger partial charge is 0.115 e. The number of para-hydroxylation sites is 1. The Balaban J connectivity index is 1.62. The molecular weight excluding hydrogens is 248 g/mol. The van der Waals surface area contributed by atoms with Gasteiger partial charge in [0.05, 0.1) is 5.69 Å². The fourth-order valence-corrected chi connectivity index (χ4v) is 2.67. The zero-order valence-corrected chi connectivity index (χ0v) is 11.6. The highest BCUT2D eigenvalue weighted by atomic mass is 15.1.